The summed E-state index contributed by atoms with van der Waals surface area (Å²) >= 11 is 2.10. The van der Waals surface area contributed by atoms with Crippen molar-refractivity contribution in [2.75, 3.05) is 5.75 Å². The van der Waals surface area contributed by atoms with E-state index in [9.17, 15) is 0 Å². The Balaban J connectivity index is 1.35. The van der Waals surface area contributed by atoms with Crippen LogP contribution in [0.4, 0.5) is 0 Å². The van der Waals surface area contributed by atoms with Crippen LogP contribution < -0.4 is 31.1 Å². The summed E-state index contributed by atoms with van der Waals surface area (Å²) < 4.78 is 3.14. The van der Waals surface area contributed by atoms with E-state index in [-0.39, 0.29) is 9.13 Å². The molecule has 0 aliphatic carbocycles. The first-order chi connectivity index (χ1) is 24.3. The number of fused-ring (bicyclic) bond motifs is 2. The first-order valence-corrected chi connectivity index (χ1v) is 23.1. The van der Waals surface area contributed by atoms with Crippen molar-refractivity contribution in [2.45, 2.75) is 9.79 Å². The molecule has 0 radical (unpaired) electrons. The largest absolute Gasteiger partial charge is 0.155 e. The van der Waals surface area contributed by atoms with Crippen molar-refractivity contribution < 1.29 is 0 Å². The molecule has 236 valence electrons. The van der Waals surface area contributed by atoms with Gasteiger partial charge >= 0.3 is 0 Å². The van der Waals surface area contributed by atoms with Crippen LogP contribution in [0.1, 0.15) is 0 Å². The Morgan fingerprint density at radius 1 is 0.469 bits per heavy atom. The van der Waals surface area contributed by atoms with E-state index >= 15 is 0 Å². The number of rotatable bonds is 8. The lowest BCUT2D eigenvalue weighted by molar-refractivity contribution is 1.36. The molecular weight excluding hydrogens is 683 g/mol. The second kappa shape index (κ2) is 13.4. The Kier molecular flexibility index (Phi) is 8.50. The number of hydrogen-bond donors (Lipinski definition) is 0. The van der Waals surface area contributed by atoms with Gasteiger partial charge in [0.05, 0.1) is 9.13 Å². The van der Waals surface area contributed by atoms with E-state index in [1.807, 2.05) is 0 Å². The summed E-state index contributed by atoms with van der Waals surface area (Å²) in [6, 6.07) is 70.9. The molecule has 49 heavy (non-hydrogen) atoms. The minimum atomic E-state index is -1.57. The van der Waals surface area contributed by atoms with Crippen molar-refractivity contribution in [1.82, 2.24) is 0 Å². The van der Waals surface area contributed by atoms with Gasteiger partial charge in [-0.25, -0.2) is 0 Å². The summed E-state index contributed by atoms with van der Waals surface area (Å²) in [5.74, 6) is 1.09. The summed E-state index contributed by atoms with van der Waals surface area (Å²) in [5.41, 5.74) is 0. The molecule has 3 heterocycles. The van der Waals surface area contributed by atoms with Crippen LogP contribution in [0.3, 0.4) is 0 Å². The van der Waals surface area contributed by atoms with Gasteiger partial charge in [-0.1, -0.05) is 158 Å². The summed E-state index contributed by atoms with van der Waals surface area (Å²) in [6.45, 7) is 0. The maximum absolute atomic E-state index is 2.64. The van der Waals surface area contributed by atoms with E-state index in [1.165, 1.54) is 40.8 Å². The van der Waals surface area contributed by atoms with E-state index < -0.39 is 25.9 Å². The lowest BCUT2D eigenvalue weighted by atomic mass is 10.4. The van der Waals surface area contributed by atoms with Gasteiger partial charge in [-0.3, -0.25) is 0 Å². The van der Waals surface area contributed by atoms with Crippen LogP contribution in [0, 0.1) is 4.13 Å². The summed E-state index contributed by atoms with van der Waals surface area (Å²) in [5, 5.41) is 10.7. The molecular formula is C44H34P2S2Si. The monoisotopic (exact) mass is 716 g/mol. The maximum Gasteiger partial charge on any atom is 0.0543 e. The molecule has 0 fully saturated rings. The van der Waals surface area contributed by atoms with E-state index in [4.69, 9.17) is 0 Å². The smallest absolute Gasteiger partial charge is 0.0543 e. The quantitative estimate of drug-likeness (QED) is 0.109. The third-order valence-electron chi connectivity index (χ3n) is 9.36. The molecule has 0 bridgehead atoms. The molecule has 6 aromatic carbocycles. The fraction of sp³-hybridized carbons (Fsp3) is 0.0227. The van der Waals surface area contributed by atoms with Gasteiger partial charge in [0.1, 0.15) is 0 Å². The van der Waals surface area contributed by atoms with Crippen molar-refractivity contribution in [3.63, 3.8) is 0 Å². The highest BCUT2D eigenvalue weighted by atomic mass is 32.3. The van der Waals surface area contributed by atoms with E-state index in [0.717, 1.165) is 5.75 Å². The topological polar surface area (TPSA) is 0 Å². The predicted octanol–water partition coefficient (Wildman–Crippen LogP) is 8.60. The number of hydrogen-bond acceptors (Lipinski definition) is 1. The lowest BCUT2D eigenvalue weighted by Gasteiger charge is -2.39. The fourth-order valence-electron chi connectivity index (χ4n) is 7.27. The average molecular weight is 717 g/mol. The van der Waals surface area contributed by atoms with Crippen LogP contribution in [-0.2, 0) is 0 Å². The molecule has 0 spiro atoms. The van der Waals surface area contributed by atoms with Gasteiger partial charge in [0, 0.05) is 24.6 Å². The van der Waals surface area contributed by atoms with Gasteiger partial charge in [0.25, 0.3) is 0 Å². The molecule has 9 rings (SSSR count). The van der Waals surface area contributed by atoms with Gasteiger partial charge in [-0.15, -0.1) is 11.3 Å². The molecule has 2 aliphatic rings. The van der Waals surface area contributed by atoms with Crippen molar-refractivity contribution in [3.05, 3.63) is 208 Å². The van der Waals surface area contributed by atoms with Crippen molar-refractivity contribution in [2.24, 2.45) is 0 Å². The summed E-state index contributed by atoms with van der Waals surface area (Å²) in [4.78, 5) is 4.61. The molecule has 0 unspecified atom stereocenters. The van der Waals surface area contributed by atoms with Gasteiger partial charge in [0.15, 0.2) is 0 Å². The van der Waals surface area contributed by atoms with Gasteiger partial charge in [0.2, 0.25) is 0 Å². The third-order valence-corrected chi connectivity index (χ3v) is 22.6. The minimum absolute atomic E-state index is 0.0249. The van der Waals surface area contributed by atoms with Crippen LogP contribution in [0.15, 0.2) is 208 Å². The van der Waals surface area contributed by atoms with Gasteiger partial charge < -0.3 is 0 Å². The highest BCUT2D eigenvalue weighted by Gasteiger charge is 2.45. The Bertz CT molecular complexity index is 2280. The Hall–Kier alpha value is -3.94. The average Bonchev–Trinajstić information content (AvgIpc) is 3.84. The molecule has 1 aromatic heterocycles. The van der Waals surface area contributed by atoms with Crippen LogP contribution in [0.25, 0.3) is 4.91 Å². The van der Waals surface area contributed by atoms with Gasteiger partial charge in [-0.2, -0.15) is 10.0 Å². The van der Waals surface area contributed by atoms with Crippen molar-refractivity contribution in [3.8, 4) is 0 Å². The van der Waals surface area contributed by atoms with E-state index in [0.29, 0.717) is 0 Å². The number of benzene rings is 6. The first-order valence-electron chi connectivity index (χ1n) is 16.6. The van der Waals surface area contributed by atoms with Crippen LogP contribution in [0.2, 0.25) is 0 Å². The molecule has 0 saturated heterocycles. The zero-order valence-electron chi connectivity index (χ0n) is 26.9. The molecule has 5 heteroatoms. The van der Waals surface area contributed by atoms with Crippen LogP contribution in [-0.4, -0.2) is 14.9 Å². The molecule has 7 aromatic rings. The Morgan fingerprint density at radius 3 is 1.29 bits per heavy atom. The minimum Gasteiger partial charge on any atom is -0.155 e. The highest BCUT2D eigenvalue weighted by molar-refractivity contribution is 8.41. The normalized spacial score (nSPS) is 15.3. The predicted molar refractivity (Wildman–Crippen MR) is 220 cm³/mol. The molecule has 0 atom stereocenters. The second-order valence-corrected chi connectivity index (χ2v) is 23.0. The SMILES string of the molecule is c1ccc(P(C2=C3[SiH]=c4sc(P(c5ccccc5)c5ccccc5)cc4=C3S(c3ccccc3)(c3ccccc3)C2)c2ccccc2)cc1. The zero-order chi connectivity index (χ0) is 32.6. The van der Waals surface area contributed by atoms with E-state index in [1.54, 1.807) is 19.5 Å². The van der Waals surface area contributed by atoms with Crippen LogP contribution in [0.5, 0.6) is 0 Å². The van der Waals surface area contributed by atoms with Gasteiger partial charge in [-0.05, 0) is 87.7 Å². The maximum atomic E-state index is 2.64. The molecule has 0 saturated carbocycles. The van der Waals surface area contributed by atoms with Crippen molar-refractivity contribution in [1.29, 1.82) is 0 Å². The highest BCUT2D eigenvalue weighted by Crippen LogP contribution is 2.77. The molecule has 0 amide bonds. The fourth-order valence-corrected chi connectivity index (χ4v) is 22.9. The Morgan fingerprint density at radius 2 is 0.857 bits per heavy atom. The first kappa shape index (κ1) is 31.1. The zero-order valence-corrected chi connectivity index (χ0v) is 31.5. The lowest BCUT2D eigenvalue weighted by Crippen LogP contribution is -2.19. The summed E-state index contributed by atoms with van der Waals surface area (Å²) in [6.07, 6.45) is 0. The second-order valence-electron chi connectivity index (χ2n) is 12.2. The van der Waals surface area contributed by atoms with E-state index in [2.05, 4.69) is 199 Å². The summed E-state index contributed by atoms with van der Waals surface area (Å²) in [7, 11) is -2.93. The Labute approximate surface area is 298 Å². The molecule has 0 N–H and O–H groups in total. The third kappa shape index (κ3) is 5.50. The number of thiophene rings is 1. The van der Waals surface area contributed by atoms with Crippen molar-refractivity contribution >= 4 is 77.1 Å². The molecule has 0 nitrogen and oxygen atoms in total. The van der Waals surface area contributed by atoms with Crippen LogP contribution >= 0.6 is 37.2 Å². The standard InChI is InChI=1S/C44H34P2S2Si/c1-7-19-33(20-8-1)45(34-21-9-2-10-22-34)40-32-48(37-27-15-5-16-28-37,38-29-17-6-18-30-38)42-39-31-41(47-44(39)49-43(40)42)46(35-23-11-3-12-24-35)36-25-13-4-14-26-36/h1-31,49H,32H2. The molecule has 2 aliphatic heterocycles.